The second-order valence-electron chi connectivity index (χ2n) is 3.21. The van der Waals surface area contributed by atoms with Crippen molar-refractivity contribution in [1.82, 2.24) is 24.7 Å². The highest BCUT2D eigenvalue weighted by atomic mass is 35.5. The Hall–Kier alpha value is -1.14. The van der Waals surface area contributed by atoms with Gasteiger partial charge in [-0.2, -0.15) is 0 Å². The van der Waals surface area contributed by atoms with Crippen molar-refractivity contribution in [3.05, 3.63) is 29.1 Å². The van der Waals surface area contributed by atoms with Gasteiger partial charge in [-0.1, -0.05) is 23.4 Å². The fourth-order valence-electron chi connectivity index (χ4n) is 1.07. The van der Waals surface area contributed by atoms with Crippen LogP contribution < -0.4 is 0 Å². The van der Waals surface area contributed by atoms with Crippen LogP contribution in [-0.4, -0.2) is 24.7 Å². The second kappa shape index (κ2) is 4.80. The zero-order chi connectivity index (χ0) is 11.5. The molecule has 0 amide bonds. The maximum Gasteiger partial charge on any atom is 0.191 e. The summed E-state index contributed by atoms with van der Waals surface area (Å²) in [7, 11) is 1.94. The standard InChI is InChI=1S/C9H10ClN5S/c1-6-13-14-9(15(6)2)16-5-7-3-12-8(10)4-11-7/h3-4H,5H2,1-2H3. The van der Waals surface area contributed by atoms with Gasteiger partial charge in [0.1, 0.15) is 11.0 Å². The van der Waals surface area contributed by atoms with E-state index in [1.165, 1.54) is 0 Å². The Bertz CT molecular complexity index is 481. The minimum atomic E-state index is 0.406. The number of thioether (sulfide) groups is 1. The molecular formula is C9H10ClN5S. The fourth-order valence-corrected chi connectivity index (χ4v) is 2.01. The van der Waals surface area contributed by atoms with Gasteiger partial charge in [-0.05, 0) is 6.92 Å². The Labute approximate surface area is 102 Å². The van der Waals surface area contributed by atoms with Gasteiger partial charge in [-0.3, -0.25) is 4.98 Å². The fraction of sp³-hybridized carbons (Fsp3) is 0.333. The lowest BCUT2D eigenvalue weighted by atomic mass is 10.5. The summed E-state index contributed by atoms with van der Waals surface area (Å²) in [5.74, 6) is 1.60. The van der Waals surface area contributed by atoms with Gasteiger partial charge >= 0.3 is 0 Å². The van der Waals surface area contributed by atoms with E-state index in [0.717, 1.165) is 16.7 Å². The van der Waals surface area contributed by atoms with Gasteiger partial charge in [0.25, 0.3) is 0 Å². The van der Waals surface area contributed by atoms with Crippen LogP contribution in [0.2, 0.25) is 5.15 Å². The molecule has 2 aromatic rings. The number of halogens is 1. The van der Waals surface area contributed by atoms with Crippen molar-refractivity contribution in [2.45, 2.75) is 17.8 Å². The van der Waals surface area contributed by atoms with Crippen LogP contribution in [0.5, 0.6) is 0 Å². The highest BCUT2D eigenvalue weighted by Crippen LogP contribution is 2.19. The molecule has 0 saturated carbocycles. The van der Waals surface area contributed by atoms with Crippen molar-refractivity contribution in [1.29, 1.82) is 0 Å². The number of aryl methyl sites for hydroxylation is 1. The van der Waals surface area contributed by atoms with Gasteiger partial charge in [-0.15, -0.1) is 10.2 Å². The Kier molecular flexibility index (Phi) is 3.40. The third-order valence-corrected chi connectivity index (χ3v) is 3.32. The molecule has 0 radical (unpaired) electrons. The summed E-state index contributed by atoms with van der Waals surface area (Å²) in [4.78, 5) is 8.12. The Balaban J connectivity index is 2.02. The van der Waals surface area contributed by atoms with Crippen molar-refractivity contribution < 1.29 is 0 Å². The van der Waals surface area contributed by atoms with E-state index < -0.39 is 0 Å². The first-order chi connectivity index (χ1) is 7.66. The third kappa shape index (κ3) is 2.51. The number of rotatable bonds is 3. The zero-order valence-electron chi connectivity index (χ0n) is 8.88. The third-order valence-electron chi connectivity index (χ3n) is 2.08. The monoisotopic (exact) mass is 255 g/mol. The molecule has 2 aromatic heterocycles. The number of aromatic nitrogens is 5. The summed E-state index contributed by atoms with van der Waals surface area (Å²) in [5, 5.41) is 9.30. The first-order valence-corrected chi connectivity index (χ1v) is 5.98. The van der Waals surface area contributed by atoms with Gasteiger partial charge in [0.2, 0.25) is 0 Å². The van der Waals surface area contributed by atoms with E-state index in [2.05, 4.69) is 20.2 Å². The van der Waals surface area contributed by atoms with E-state index in [0.29, 0.717) is 10.9 Å². The summed E-state index contributed by atoms with van der Waals surface area (Å²) in [6.45, 7) is 1.92. The molecule has 2 heterocycles. The molecule has 0 atom stereocenters. The molecule has 16 heavy (non-hydrogen) atoms. The van der Waals surface area contributed by atoms with Crippen LogP contribution in [0, 0.1) is 6.92 Å². The molecule has 7 heteroatoms. The van der Waals surface area contributed by atoms with E-state index in [1.54, 1.807) is 24.2 Å². The molecule has 0 bridgehead atoms. The lowest BCUT2D eigenvalue weighted by Crippen LogP contribution is -1.95. The maximum atomic E-state index is 5.65. The van der Waals surface area contributed by atoms with E-state index >= 15 is 0 Å². The average molecular weight is 256 g/mol. The molecule has 0 unspecified atom stereocenters. The van der Waals surface area contributed by atoms with E-state index in [1.807, 2.05) is 18.5 Å². The first-order valence-electron chi connectivity index (χ1n) is 4.62. The average Bonchev–Trinajstić information content (AvgIpc) is 2.60. The van der Waals surface area contributed by atoms with Crippen LogP contribution in [-0.2, 0) is 12.8 Å². The summed E-state index contributed by atoms with van der Waals surface area (Å²) in [5.41, 5.74) is 0.870. The van der Waals surface area contributed by atoms with Gasteiger partial charge < -0.3 is 4.57 Å². The molecule has 0 aliphatic heterocycles. The molecule has 0 saturated heterocycles. The topological polar surface area (TPSA) is 56.5 Å². The van der Waals surface area contributed by atoms with E-state index in [9.17, 15) is 0 Å². The largest absolute Gasteiger partial charge is 0.309 e. The smallest absolute Gasteiger partial charge is 0.191 e. The van der Waals surface area contributed by atoms with Gasteiger partial charge in [0.15, 0.2) is 5.16 Å². The van der Waals surface area contributed by atoms with Crippen LogP contribution >= 0.6 is 23.4 Å². The molecule has 84 valence electrons. The molecule has 0 aromatic carbocycles. The van der Waals surface area contributed by atoms with Crippen LogP contribution in [0.3, 0.4) is 0 Å². The van der Waals surface area contributed by atoms with Crippen LogP contribution in [0.25, 0.3) is 0 Å². The molecule has 2 rings (SSSR count). The number of hydrogen-bond acceptors (Lipinski definition) is 5. The number of nitrogens with zero attached hydrogens (tertiary/aromatic N) is 5. The summed E-state index contributed by atoms with van der Waals surface area (Å²) >= 11 is 7.22. The minimum Gasteiger partial charge on any atom is -0.309 e. The highest BCUT2D eigenvalue weighted by molar-refractivity contribution is 7.98. The minimum absolute atomic E-state index is 0.406. The quantitative estimate of drug-likeness (QED) is 0.784. The van der Waals surface area contributed by atoms with Crippen molar-refractivity contribution in [3.63, 3.8) is 0 Å². The van der Waals surface area contributed by atoms with Crippen molar-refractivity contribution in [2.24, 2.45) is 7.05 Å². The van der Waals surface area contributed by atoms with E-state index in [-0.39, 0.29) is 0 Å². The summed E-state index contributed by atoms with van der Waals surface area (Å²) < 4.78 is 1.94. The summed E-state index contributed by atoms with van der Waals surface area (Å²) in [6.07, 6.45) is 3.21. The lowest BCUT2D eigenvalue weighted by molar-refractivity contribution is 0.765. The number of hydrogen-bond donors (Lipinski definition) is 0. The summed E-state index contributed by atoms with van der Waals surface area (Å²) in [6, 6.07) is 0. The van der Waals surface area contributed by atoms with Crippen LogP contribution in [0.15, 0.2) is 17.6 Å². The maximum absolute atomic E-state index is 5.65. The molecule has 5 nitrogen and oxygen atoms in total. The van der Waals surface area contributed by atoms with Crippen molar-refractivity contribution >= 4 is 23.4 Å². The normalized spacial score (nSPS) is 10.7. The lowest BCUT2D eigenvalue weighted by Gasteiger charge is -2.00. The zero-order valence-corrected chi connectivity index (χ0v) is 10.5. The predicted molar refractivity (Wildman–Crippen MR) is 62.3 cm³/mol. The predicted octanol–water partition coefficient (Wildman–Crippen LogP) is 1.86. The van der Waals surface area contributed by atoms with Crippen LogP contribution in [0.1, 0.15) is 11.5 Å². The Morgan fingerprint density at radius 3 is 2.69 bits per heavy atom. The molecular weight excluding hydrogens is 246 g/mol. The Morgan fingerprint density at radius 1 is 1.31 bits per heavy atom. The molecule has 0 aliphatic carbocycles. The first kappa shape index (κ1) is 11.3. The van der Waals surface area contributed by atoms with Crippen LogP contribution in [0.4, 0.5) is 0 Å². The Morgan fingerprint density at radius 2 is 2.12 bits per heavy atom. The molecule has 0 fully saturated rings. The molecule has 0 aliphatic rings. The molecule has 0 spiro atoms. The van der Waals surface area contributed by atoms with Gasteiger partial charge in [0, 0.05) is 12.8 Å². The highest BCUT2D eigenvalue weighted by Gasteiger charge is 2.06. The van der Waals surface area contributed by atoms with E-state index in [4.69, 9.17) is 11.6 Å². The molecule has 0 N–H and O–H groups in total. The van der Waals surface area contributed by atoms with Crippen molar-refractivity contribution in [2.75, 3.05) is 0 Å². The second-order valence-corrected chi connectivity index (χ2v) is 4.54. The van der Waals surface area contributed by atoms with Crippen molar-refractivity contribution in [3.8, 4) is 0 Å². The SMILES string of the molecule is Cc1nnc(SCc2cnc(Cl)cn2)n1C. The van der Waals surface area contributed by atoms with Gasteiger partial charge in [0.05, 0.1) is 18.1 Å². The van der Waals surface area contributed by atoms with Gasteiger partial charge in [-0.25, -0.2) is 4.98 Å².